The third-order valence-electron chi connectivity index (χ3n) is 6.68. The van der Waals surface area contributed by atoms with E-state index in [0.29, 0.717) is 17.0 Å². The van der Waals surface area contributed by atoms with Crippen molar-refractivity contribution in [3.8, 4) is 0 Å². The Labute approximate surface area is 210 Å². The fraction of sp³-hybridized carbons (Fsp3) is 0.310. The number of amides is 2. The molecule has 1 N–H and O–H groups in total. The van der Waals surface area contributed by atoms with Gasteiger partial charge in [-0.3, -0.25) is 14.5 Å². The number of hydrogen-bond donors (Lipinski definition) is 1. The van der Waals surface area contributed by atoms with Gasteiger partial charge in [0.25, 0.3) is 5.91 Å². The number of halogens is 2. The molecule has 1 saturated carbocycles. The summed E-state index contributed by atoms with van der Waals surface area (Å²) in [5.74, 6) is -1.62. The minimum Gasteiger partial charge on any atom is -0.376 e. The van der Waals surface area contributed by atoms with Crippen LogP contribution in [0.4, 0.5) is 20.2 Å². The Morgan fingerprint density at radius 1 is 1.11 bits per heavy atom. The topological polar surface area (TPSA) is 52.7 Å². The first-order valence-corrected chi connectivity index (χ1v) is 12.3. The molecular formula is C29H31F2N3O2. The van der Waals surface area contributed by atoms with Gasteiger partial charge in [0, 0.05) is 28.7 Å². The lowest BCUT2D eigenvalue weighted by molar-refractivity contribution is -0.132. The minimum absolute atomic E-state index is 0.0272. The van der Waals surface area contributed by atoms with Gasteiger partial charge in [-0.25, -0.2) is 8.78 Å². The Morgan fingerprint density at radius 2 is 1.81 bits per heavy atom. The van der Waals surface area contributed by atoms with E-state index in [2.05, 4.69) is 11.9 Å². The summed E-state index contributed by atoms with van der Waals surface area (Å²) in [5, 5.41) is 2.93. The van der Waals surface area contributed by atoms with Crippen molar-refractivity contribution >= 4 is 23.2 Å². The van der Waals surface area contributed by atoms with E-state index in [4.69, 9.17) is 0 Å². The van der Waals surface area contributed by atoms with Crippen LogP contribution in [0.15, 0.2) is 84.6 Å². The second-order valence-electron chi connectivity index (χ2n) is 9.05. The molecule has 2 amide bonds. The maximum atomic E-state index is 14.3. The molecule has 0 saturated heterocycles. The van der Waals surface area contributed by atoms with Crippen molar-refractivity contribution in [2.24, 2.45) is 0 Å². The van der Waals surface area contributed by atoms with Crippen LogP contribution in [0.5, 0.6) is 0 Å². The lowest BCUT2D eigenvalue weighted by atomic mass is 9.94. The van der Waals surface area contributed by atoms with Crippen molar-refractivity contribution in [3.05, 3.63) is 96.2 Å². The van der Waals surface area contributed by atoms with Gasteiger partial charge < -0.3 is 10.2 Å². The lowest BCUT2D eigenvalue weighted by Crippen LogP contribution is -2.51. The summed E-state index contributed by atoms with van der Waals surface area (Å²) in [5.41, 5.74) is 2.03. The van der Waals surface area contributed by atoms with E-state index >= 15 is 0 Å². The molecule has 1 fully saturated rings. The number of nitrogens with one attached hydrogen (secondary N) is 1. The molecule has 7 heteroatoms. The molecule has 0 radical (unpaired) electrons. The van der Waals surface area contributed by atoms with Crippen molar-refractivity contribution in [3.63, 3.8) is 0 Å². The third kappa shape index (κ3) is 5.25. The zero-order chi connectivity index (χ0) is 25.7. The Kier molecular flexibility index (Phi) is 7.98. The molecule has 2 aromatic rings. The Hall–Kier alpha value is -3.74. The summed E-state index contributed by atoms with van der Waals surface area (Å²) in [4.78, 5) is 30.8. The van der Waals surface area contributed by atoms with Crippen molar-refractivity contribution in [2.75, 3.05) is 16.8 Å². The summed E-state index contributed by atoms with van der Waals surface area (Å²) < 4.78 is 27.9. The molecule has 1 heterocycles. The standard InChI is InChI=1S/C29H31F2N3O2/c1-3-10-25-26(4-2)33(23-14-6-5-7-15-23)29(36)28(25)34(24-16-9-12-21(31)18-24)27(35)19-32-22-13-8-11-20(30)17-22/h3-4,8-13,16-18,23,28,32H,2,5-7,14-15,19H2,1H3/b10-3-. The van der Waals surface area contributed by atoms with Crippen LogP contribution in [0.2, 0.25) is 0 Å². The molecule has 2 aliphatic rings. The van der Waals surface area contributed by atoms with Crippen molar-refractivity contribution in [2.45, 2.75) is 51.1 Å². The number of rotatable bonds is 8. The van der Waals surface area contributed by atoms with Crippen LogP contribution in [-0.2, 0) is 9.59 Å². The highest BCUT2D eigenvalue weighted by Crippen LogP contribution is 2.38. The van der Waals surface area contributed by atoms with Gasteiger partial charge in [0.15, 0.2) is 0 Å². The fourth-order valence-corrected chi connectivity index (χ4v) is 5.12. The fourth-order valence-electron chi connectivity index (χ4n) is 5.12. The first kappa shape index (κ1) is 25.4. The van der Waals surface area contributed by atoms with E-state index in [1.807, 2.05) is 19.1 Å². The van der Waals surface area contributed by atoms with Gasteiger partial charge >= 0.3 is 0 Å². The summed E-state index contributed by atoms with van der Waals surface area (Å²) in [7, 11) is 0. The summed E-state index contributed by atoms with van der Waals surface area (Å²) >= 11 is 0. The van der Waals surface area contributed by atoms with E-state index in [0.717, 1.165) is 32.1 Å². The minimum atomic E-state index is -0.972. The van der Waals surface area contributed by atoms with Gasteiger partial charge in [-0.2, -0.15) is 0 Å². The molecule has 5 nitrogen and oxygen atoms in total. The highest BCUT2D eigenvalue weighted by Gasteiger charge is 2.45. The van der Waals surface area contributed by atoms with Gasteiger partial charge in [-0.1, -0.05) is 50.1 Å². The van der Waals surface area contributed by atoms with Crippen LogP contribution in [0, 0.1) is 11.6 Å². The molecule has 0 bridgehead atoms. The number of benzene rings is 2. The number of hydrogen-bond acceptors (Lipinski definition) is 3. The average molecular weight is 492 g/mol. The molecule has 2 aromatic carbocycles. The molecule has 4 rings (SSSR count). The third-order valence-corrected chi connectivity index (χ3v) is 6.68. The predicted molar refractivity (Wildman–Crippen MR) is 138 cm³/mol. The smallest absolute Gasteiger partial charge is 0.255 e. The first-order chi connectivity index (χ1) is 17.4. The van der Waals surface area contributed by atoms with Crippen molar-refractivity contribution in [1.82, 2.24) is 4.90 Å². The largest absolute Gasteiger partial charge is 0.376 e. The number of carbonyl (C=O) groups excluding carboxylic acids is 2. The quantitative estimate of drug-likeness (QED) is 0.495. The van der Waals surface area contributed by atoms with Crippen LogP contribution in [-0.4, -0.2) is 35.3 Å². The number of carbonyl (C=O) groups is 2. The zero-order valence-corrected chi connectivity index (χ0v) is 20.4. The molecule has 188 valence electrons. The van der Waals surface area contributed by atoms with Crippen LogP contribution >= 0.6 is 0 Å². The van der Waals surface area contributed by atoms with Crippen LogP contribution in [0.25, 0.3) is 0 Å². The van der Waals surface area contributed by atoms with Gasteiger partial charge in [0.1, 0.15) is 17.7 Å². The van der Waals surface area contributed by atoms with Gasteiger partial charge in [0.05, 0.1) is 6.54 Å². The zero-order valence-electron chi connectivity index (χ0n) is 20.4. The van der Waals surface area contributed by atoms with Gasteiger partial charge in [-0.15, -0.1) is 0 Å². The second kappa shape index (κ2) is 11.3. The molecule has 1 atom stereocenters. The monoisotopic (exact) mass is 491 g/mol. The second-order valence-corrected chi connectivity index (χ2v) is 9.05. The molecule has 0 spiro atoms. The van der Waals surface area contributed by atoms with E-state index in [1.54, 1.807) is 23.1 Å². The molecular weight excluding hydrogens is 460 g/mol. The Balaban J connectivity index is 1.74. The Morgan fingerprint density at radius 3 is 2.44 bits per heavy atom. The maximum Gasteiger partial charge on any atom is 0.255 e. The molecule has 36 heavy (non-hydrogen) atoms. The van der Waals surface area contributed by atoms with Crippen LogP contribution in [0.3, 0.4) is 0 Å². The summed E-state index contributed by atoms with van der Waals surface area (Å²) in [6, 6.07) is 10.5. The van der Waals surface area contributed by atoms with Crippen molar-refractivity contribution in [1.29, 1.82) is 0 Å². The molecule has 1 aliphatic carbocycles. The van der Waals surface area contributed by atoms with Crippen LogP contribution in [0.1, 0.15) is 39.0 Å². The van der Waals surface area contributed by atoms with E-state index in [-0.39, 0.29) is 24.2 Å². The average Bonchev–Trinajstić information content (AvgIpc) is 3.15. The van der Waals surface area contributed by atoms with Gasteiger partial charge in [0.2, 0.25) is 5.91 Å². The number of anilines is 2. The van der Waals surface area contributed by atoms with E-state index in [9.17, 15) is 18.4 Å². The number of nitrogens with zero attached hydrogens (tertiary/aromatic N) is 2. The number of allylic oxidation sites excluding steroid dienone is 2. The van der Waals surface area contributed by atoms with E-state index in [1.165, 1.54) is 41.3 Å². The van der Waals surface area contributed by atoms with Crippen LogP contribution < -0.4 is 10.2 Å². The van der Waals surface area contributed by atoms with Crippen molar-refractivity contribution < 1.29 is 18.4 Å². The normalized spacial score (nSPS) is 18.7. The predicted octanol–water partition coefficient (Wildman–Crippen LogP) is 5.97. The maximum absolute atomic E-state index is 14.3. The molecule has 1 unspecified atom stereocenters. The van der Waals surface area contributed by atoms with Gasteiger partial charge in [-0.05, 0) is 62.2 Å². The Bertz CT molecular complexity index is 1200. The van der Waals surface area contributed by atoms with E-state index < -0.39 is 23.6 Å². The lowest BCUT2D eigenvalue weighted by Gasteiger charge is -2.34. The first-order valence-electron chi connectivity index (χ1n) is 12.3. The highest BCUT2D eigenvalue weighted by molar-refractivity contribution is 6.06. The summed E-state index contributed by atoms with van der Waals surface area (Å²) in [6.45, 7) is 5.60. The summed E-state index contributed by atoms with van der Waals surface area (Å²) in [6.07, 6.45) is 10.3. The SMILES string of the molecule is C=CC1=C(/C=C\C)C(N(C(=O)CNc2cccc(F)c2)c2cccc(F)c2)C(=O)N1C1CCCCC1. The highest BCUT2D eigenvalue weighted by atomic mass is 19.1. The molecule has 1 aliphatic heterocycles. The molecule has 0 aromatic heterocycles.